The van der Waals surface area contributed by atoms with E-state index in [9.17, 15) is 14.4 Å². The maximum absolute atomic E-state index is 13.7. The molecule has 0 saturated heterocycles. The number of carbonyl (C=O) groups is 1. The lowest BCUT2D eigenvalue weighted by Crippen LogP contribution is -2.40. The van der Waals surface area contributed by atoms with Crippen molar-refractivity contribution in [1.29, 1.82) is 0 Å². The first-order valence-electron chi connectivity index (χ1n) is 11.6. The second-order valence-electron chi connectivity index (χ2n) is 8.43. The molecule has 0 fully saturated rings. The average molecular weight is 497 g/mol. The largest absolute Gasteiger partial charge is 0.497 e. The Morgan fingerprint density at radius 2 is 1.59 bits per heavy atom. The van der Waals surface area contributed by atoms with Crippen molar-refractivity contribution in [3.8, 4) is 11.4 Å². The van der Waals surface area contributed by atoms with E-state index in [0.717, 1.165) is 11.1 Å². The van der Waals surface area contributed by atoms with E-state index in [1.54, 1.807) is 66.5 Å². The van der Waals surface area contributed by atoms with Gasteiger partial charge in [-0.2, -0.15) is 0 Å². The molecule has 0 aliphatic heterocycles. The maximum Gasteiger partial charge on any atom is 0.337 e. The van der Waals surface area contributed by atoms with Crippen molar-refractivity contribution in [2.45, 2.75) is 13.1 Å². The maximum atomic E-state index is 13.7. The monoisotopic (exact) mass is 496 g/mol. The van der Waals surface area contributed by atoms with Gasteiger partial charge < -0.3 is 14.0 Å². The van der Waals surface area contributed by atoms with Crippen LogP contribution in [0.3, 0.4) is 0 Å². The molecule has 0 spiro atoms. The van der Waals surface area contributed by atoms with Gasteiger partial charge in [0, 0.05) is 12.6 Å². The standard InChI is InChI=1S/C28H24N4O5/c1-36-23-10-6-9-22(15-23)32-25-24(26(33)31(28(32)35)17-19-7-4-3-5-8-19)30(18-29-25)16-20-11-13-21(14-12-20)27(34)37-2/h3-15,18H,16-17H2,1-2H3. The van der Waals surface area contributed by atoms with Crippen LogP contribution in [0.2, 0.25) is 0 Å². The third-order valence-corrected chi connectivity index (χ3v) is 6.12. The van der Waals surface area contributed by atoms with Crippen LogP contribution in [-0.4, -0.2) is 38.9 Å². The number of benzene rings is 3. The van der Waals surface area contributed by atoms with Gasteiger partial charge >= 0.3 is 11.7 Å². The van der Waals surface area contributed by atoms with Crippen molar-refractivity contribution in [3.05, 3.63) is 123 Å². The van der Waals surface area contributed by atoms with Gasteiger partial charge in [0.15, 0.2) is 11.2 Å². The Morgan fingerprint density at radius 1 is 0.865 bits per heavy atom. The zero-order chi connectivity index (χ0) is 25.9. The van der Waals surface area contributed by atoms with Crippen molar-refractivity contribution in [1.82, 2.24) is 18.7 Å². The van der Waals surface area contributed by atoms with Crippen LogP contribution in [0.4, 0.5) is 0 Å². The van der Waals surface area contributed by atoms with Gasteiger partial charge in [0.25, 0.3) is 5.56 Å². The summed E-state index contributed by atoms with van der Waals surface area (Å²) in [6.07, 6.45) is 1.54. The zero-order valence-corrected chi connectivity index (χ0v) is 20.3. The molecule has 0 saturated carbocycles. The van der Waals surface area contributed by atoms with Gasteiger partial charge in [-0.25, -0.2) is 19.1 Å². The number of ether oxygens (including phenoxy) is 2. The van der Waals surface area contributed by atoms with Gasteiger partial charge in [-0.15, -0.1) is 0 Å². The number of aromatic nitrogens is 4. The second kappa shape index (κ2) is 9.98. The number of esters is 1. The topological polar surface area (TPSA) is 97.4 Å². The summed E-state index contributed by atoms with van der Waals surface area (Å²) in [6.45, 7) is 0.423. The fraction of sp³-hybridized carbons (Fsp3) is 0.143. The summed E-state index contributed by atoms with van der Waals surface area (Å²) in [5, 5.41) is 0. The van der Waals surface area contributed by atoms with Crippen LogP contribution in [0.5, 0.6) is 5.75 Å². The summed E-state index contributed by atoms with van der Waals surface area (Å²) < 4.78 is 14.5. The van der Waals surface area contributed by atoms with Crippen molar-refractivity contribution in [3.63, 3.8) is 0 Å². The molecule has 37 heavy (non-hydrogen) atoms. The molecule has 5 aromatic rings. The Bertz CT molecular complexity index is 1700. The molecule has 0 unspecified atom stereocenters. The van der Waals surface area contributed by atoms with E-state index in [4.69, 9.17) is 9.47 Å². The number of nitrogens with zero attached hydrogens (tertiary/aromatic N) is 4. The van der Waals surface area contributed by atoms with Crippen LogP contribution in [0.15, 0.2) is 94.8 Å². The van der Waals surface area contributed by atoms with Crippen LogP contribution in [0.1, 0.15) is 21.5 Å². The zero-order valence-electron chi connectivity index (χ0n) is 20.3. The minimum Gasteiger partial charge on any atom is -0.497 e. The lowest BCUT2D eigenvalue weighted by Gasteiger charge is -2.14. The molecule has 0 aliphatic rings. The highest BCUT2D eigenvalue weighted by Gasteiger charge is 2.20. The minimum absolute atomic E-state index is 0.109. The molecule has 0 aliphatic carbocycles. The predicted octanol–water partition coefficient (Wildman–Crippen LogP) is 3.24. The van der Waals surface area contributed by atoms with Crippen LogP contribution >= 0.6 is 0 Å². The van der Waals surface area contributed by atoms with Crippen molar-refractivity contribution in [2.75, 3.05) is 14.2 Å². The molecular weight excluding hydrogens is 472 g/mol. The molecule has 9 heteroatoms. The van der Waals surface area contributed by atoms with Gasteiger partial charge in [-0.1, -0.05) is 48.5 Å². The molecule has 0 amide bonds. The Hall–Kier alpha value is -4.92. The number of hydrogen-bond acceptors (Lipinski definition) is 6. The SMILES string of the molecule is COC(=O)c1ccc(Cn2cnc3c2c(=O)n(Cc2ccccc2)c(=O)n3-c2cccc(OC)c2)cc1. The van der Waals surface area contributed by atoms with E-state index >= 15 is 0 Å². The van der Waals surface area contributed by atoms with Gasteiger partial charge in [0.05, 0.1) is 38.3 Å². The van der Waals surface area contributed by atoms with Gasteiger partial charge in [0.2, 0.25) is 0 Å². The lowest BCUT2D eigenvalue weighted by atomic mass is 10.1. The summed E-state index contributed by atoms with van der Waals surface area (Å²) in [6, 6.07) is 23.3. The normalized spacial score (nSPS) is 11.0. The first-order chi connectivity index (χ1) is 18.0. The Kier molecular flexibility index (Phi) is 6.42. The Balaban J connectivity index is 1.69. The number of rotatable bonds is 7. The first-order valence-corrected chi connectivity index (χ1v) is 11.6. The summed E-state index contributed by atoms with van der Waals surface area (Å²) in [4.78, 5) is 43.7. The van der Waals surface area contributed by atoms with Crippen molar-refractivity contribution >= 4 is 17.1 Å². The Labute approximate surface area is 211 Å². The fourth-order valence-electron chi connectivity index (χ4n) is 4.25. The van der Waals surface area contributed by atoms with Crippen LogP contribution in [0, 0.1) is 0 Å². The van der Waals surface area contributed by atoms with Gasteiger partial charge in [-0.05, 0) is 35.4 Å². The van der Waals surface area contributed by atoms with E-state index in [1.165, 1.54) is 16.2 Å². The summed E-state index contributed by atoms with van der Waals surface area (Å²) in [5.74, 6) is 0.147. The van der Waals surface area contributed by atoms with Gasteiger partial charge in [0.1, 0.15) is 5.75 Å². The van der Waals surface area contributed by atoms with E-state index < -0.39 is 17.2 Å². The number of hydrogen-bond donors (Lipinski definition) is 0. The molecule has 3 aromatic carbocycles. The third kappa shape index (κ3) is 4.54. The number of methoxy groups -OCH3 is 2. The molecule has 186 valence electrons. The van der Waals surface area contributed by atoms with E-state index in [-0.39, 0.29) is 17.7 Å². The molecule has 0 radical (unpaired) electrons. The highest BCUT2D eigenvalue weighted by molar-refractivity contribution is 5.89. The van der Waals surface area contributed by atoms with Crippen molar-refractivity contribution < 1.29 is 14.3 Å². The van der Waals surface area contributed by atoms with Gasteiger partial charge in [-0.3, -0.25) is 9.36 Å². The summed E-state index contributed by atoms with van der Waals surface area (Å²) in [7, 11) is 2.88. The highest BCUT2D eigenvalue weighted by Crippen LogP contribution is 2.19. The number of imidazole rings is 1. The molecule has 0 N–H and O–H groups in total. The molecule has 2 aromatic heterocycles. The predicted molar refractivity (Wildman–Crippen MR) is 139 cm³/mol. The molecule has 0 bridgehead atoms. The average Bonchev–Trinajstić information content (AvgIpc) is 3.35. The van der Waals surface area contributed by atoms with Crippen molar-refractivity contribution in [2.24, 2.45) is 0 Å². The lowest BCUT2D eigenvalue weighted by molar-refractivity contribution is 0.0600. The Morgan fingerprint density at radius 3 is 2.30 bits per heavy atom. The highest BCUT2D eigenvalue weighted by atomic mass is 16.5. The minimum atomic E-state index is -0.498. The number of carbonyl (C=O) groups excluding carboxylic acids is 1. The molecule has 0 atom stereocenters. The molecule has 9 nitrogen and oxygen atoms in total. The van der Waals surface area contributed by atoms with E-state index in [1.807, 2.05) is 30.3 Å². The van der Waals surface area contributed by atoms with Crippen LogP contribution < -0.4 is 16.0 Å². The quantitative estimate of drug-likeness (QED) is 0.321. The summed E-state index contributed by atoms with van der Waals surface area (Å²) >= 11 is 0. The fourth-order valence-corrected chi connectivity index (χ4v) is 4.25. The third-order valence-electron chi connectivity index (χ3n) is 6.12. The molecule has 2 heterocycles. The summed E-state index contributed by atoms with van der Waals surface area (Å²) in [5.41, 5.74) is 2.23. The van der Waals surface area contributed by atoms with E-state index in [0.29, 0.717) is 23.5 Å². The van der Waals surface area contributed by atoms with E-state index in [2.05, 4.69) is 4.98 Å². The van der Waals surface area contributed by atoms with Crippen LogP contribution in [-0.2, 0) is 17.8 Å². The molecule has 5 rings (SSSR count). The molecular formula is C28H24N4O5. The smallest absolute Gasteiger partial charge is 0.337 e. The van der Waals surface area contributed by atoms with Crippen LogP contribution in [0.25, 0.3) is 16.9 Å². The second-order valence-corrected chi connectivity index (χ2v) is 8.43. The number of fused-ring (bicyclic) bond motifs is 1. The first kappa shape index (κ1) is 23.8.